The molecule has 0 bridgehead atoms. The number of nitrogens with two attached hydrogens (primary N) is 1. The van der Waals surface area contributed by atoms with Crippen LogP contribution in [-0.4, -0.2) is 28.9 Å². The van der Waals surface area contributed by atoms with E-state index < -0.39 is 5.41 Å². The molecule has 114 valence electrons. The van der Waals surface area contributed by atoms with Crippen molar-refractivity contribution in [3.63, 3.8) is 0 Å². The molecule has 2 saturated carbocycles. The molecule has 1 amide bonds. The van der Waals surface area contributed by atoms with E-state index >= 15 is 0 Å². The van der Waals surface area contributed by atoms with Crippen molar-refractivity contribution in [1.29, 1.82) is 0 Å². The minimum absolute atomic E-state index is 0.173. The van der Waals surface area contributed by atoms with Gasteiger partial charge in [0.2, 0.25) is 5.91 Å². The van der Waals surface area contributed by atoms with Crippen molar-refractivity contribution in [2.75, 3.05) is 7.05 Å². The van der Waals surface area contributed by atoms with Crippen molar-refractivity contribution < 1.29 is 4.79 Å². The first-order chi connectivity index (χ1) is 9.28. The molecule has 0 radical (unpaired) electrons. The highest BCUT2D eigenvalue weighted by molar-refractivity contribution is 7.80. The molecule has 0 spiro atoms. The van der Waals surface area contributed by atoms with Crippen LogP contribution in [0.3, 0.4) is 0 Å². The first-order valence-electron chi connectivity index (χ1n) is 7.86. The van der Waals surface area contributed by atoms with Crippen LogP contribution in [-0.2, 0) is 4.79 Å². The molecule has 0 aromatic heterocycles. The Balaban J connectivity index is 2.07. The summed E-state index contributed by atoms with van der Waals surface area (Å²) in [6.45, 7) is 4.64. The second-order valence-electron chi connectivity index (χ2n) is 7.46. The van der Waals surface area contributed by atoms with Gasteiger partial charge in [0.15, 0.2) is 0 Å². The number of hydrogen-bond donors (Lipinski definition) is 1. The third-order valence-corrected chi connectivity index (χ3v) is 5.91. The topological polar surface area (TPSA) is 46.3 Å². The highest BCUT2D eigenvalue weighted by Crippen LogP contribution is 2.42. The molecular weight excluding hydrogens is 268 g/mol. The molecule has 0 atom stereocenters. The number of thiocarbonyl (C=S) groups is 1. The first-order valence-corrected chi connectivity index (χ1v) is 8.26. The van der Waals surface area contributed by atoms with Crippen LogP contribution in [0.1, 0.15) is 65.2 Å². The maximum Gasteiger partial charge on any atom is 0.235 e. The Morgan fingerprint density at radius 3 is 2.10 bits per heavy atom. The molecule has 4 heteroatoms. The predicted molar refractivity (Wildman–Crippen MR) is 86.5 cm³/mol. The Labute approximate surface area is 128 Å². The number of carbonyl (C=O) groups is 1. The van der Waals surface area contributed by atoms with E-state index in [1.54, 1.807) is 0 Å². The molecule has 2 aliphatic rings. The minimum atomic E-state index is -0.545. The Morgan fingerprint density at radius 2 is 1.65 bits per heavy atom. The highest BCUT2D eigenvalue weighted by atomic mass is 32.1. The molecule has 0 unspecified atom stereocenters. The van der Waals surface area contributed by atoms with Crippen LogP contribution in [0, 0.1) is 10.8 Å². The summed E-state index contributed by atoms with van der Waals surface area (Å²) in [4.78, 5) is 15.3. The molecule has 2 rings (SSSR count). The van der Waals surface area contributed by atoms with Crippen molar-refractivity contribution in [2.24, 2.45) is 16.6 Å². The third-order valence-electron chi connectivity index (χ3n) is 5.51. The van der Waals surface area contributed by atoms with Crippen molar-refractivity contribution >= 4 is 23.1 Å². The van der Waals surface area contributed by atoms with Crippen LogP contribution in [0.15, 0.2) is 0 Å². The fraction of sp³-hybridized carbons (Fsp3) is 0.875. The third kappa shape index (κ3) is 2.85. The Hall–Kier alpha value is -0.640. The van der Waals surface area contributed by atoms with E-state index in [1.807, 2.05) is 11.9 Å². The zero-order valence-electron chi connectivity index (χ0n) is 13.1. The van der Waals surface area contributed by atoms with Gasteiger partial charge < -0.3 is 10.6 Å². The maximum absolute atomic E-state index is 12.9. The molecule has 2 N–H and O–H groups in total. The molecule has 0 aliphatic heterocycles. The number of hydrogen-bond acceptors (Lipinski definition) is 2. The maximum atomic E-state index is 12.9. The quantitative estimate of drug-likeness (QED) is 0.813. The smallest absolute Gasteiger partial charge is 0.235 e. The highest BCUT2D eigenvalue weighted by Gasteiger charge is 2.47. The summed E-state index contributed by atoms with van der Waals surface area (Å²) >= 11 is 5.23. The number of nitrogens with zero attached hydrogens (tertiary/aromatic N) is 1. The second-order valence-corrected chi connectivity index (χ2v) is 7.90. The summed E-state index contributed by atoms with van der Waals surface area (Å²) in [7, 11) is 1.95. The molecule has 0 heterocycles. The van der Waals surface area contributed by atoms with E-state index in [4.69, 9.17) is 18.0 Å². The van der Waals surface area contributed by atoms with E-state index in [1.165, 1.54) is 12.8 Å². The van der Waals surface area contributed by atoms with E-state index in [9.17, 15) is 4.79 Å². The van der Waals surface area contributed by atoms with Gasteiger partial charge in [-0.25, -0.2) is 0 Å². The number of amides is 1. The summed E-state index contributed by atoms with van der Waals surface area (Å²) in [6, 6.07) is 0.363. The van der Waals surface area contributed by atoms with Gasteiger partial charge in [-0.15, -0.1) is 0 Å². The van der Waals surface area contributed by atoms with E-state index in [2.05, 4.69) is 13.8 Å². The predicted octanol–water partition coefficient (Wildman–Crippen LogP) is 3.26. The first kappa shape index (κ1) is 15.7. The van der Waals surface area contributed by atoms with Crippen LogP contribution in [0.2, 0.25) is 0 Å². The molecule has 0 aromatic rings. The molecule has 0 saturated heterocycles. The van der Waals surface area contributed by atoms with E-state index in [-0.39, 0.29) is 5.91 Å². The van der Waals surface area contributed by atoms with Crippen LogP contribution >= 0.6 is 12.2 Å². The molecule has 2 aliphatic carbocycles. The van der Waals surface area contributed by atoms with Gasteiger partial charge in [0, 0.05) is 13.1 Å². The zero-order chi connectivity index (χ0) is 15.0. The summed E-state index contributed by atoms with van der Waals surface area (Å²) < 4.78 is 0. The second kappa shape index (κ2) is 5.63. The van der Waals surface area contributed by atoms with Gasteiger partial charge in [-0.3, -0.25) is 4.79 Å². The SMILES string of the molecule is CN(C(=O)C1(C(N)=S)CCCC1)C1CCC(C)(C)CC1. The Bertz CT molecular complexity index is 389. The summed E-state index contributed by atoms with van der Waals surface area (Å²) in [5.74, 6) is 0.173. The number of carbonyl (C=O) groups excluding carboxylic acids is 1. The van der Waals surface area contributed by atoms with Gasteiger partial charge >= 0.3 is 0 Å². The van der Waals surface area contributed by atoms with Crippen molar-refractivity contribution in [3.05, 3.63) is 0 Å². The molecule has 2 fully saturated rings. The van der Waals surface area contributed by atoms with Crippen molar-refractivity contribution in [1.82, 2.24) is 4.90 Å². The largest absolute Gasteiger partial charge is 0.392 e. The lowest BCUT2D eigenvalue weighted by Crippen LogP contribution is -2.51. The van der Waals surface area contributed by atoms with Gasteiger partial charge in [-0.1, -0.05) is 38.9 Å². The summed E-state index contributed by atoms with van der Waals surface area (Å²) in [5.41, 5.74) is 5.81. The zero-order valence-corrected chi connectivity index (χ0v) is 13.9. The van der Waals surface area contributed by atoms with E-state index in [0.717, 1.165) is 38.5 Å². The van der Waals surface area contributed by atoms with Crippen LogP contribution in [0.4, 0.5) is 0 Å². The number of rotatable bonds is 3. The molecular formula is C16H28N2OS. The van der Waals surface area contributed by atoms with Gasteiger partial charge in [-0.05, 0) is 43.9 Å². The fourth-order valence-corrected chi connectivity index (χ4v) is 4.11. The van der Waals surface area contributed by atoms with Gasteiger partial charge in [0.25, 0.3) is 0 Å². The van der Waals surface area contributed by atoms with Gasteiger partial charge in [0.05, 0.1) is 10.4 Å². The van der Waals surface area contributed by atoms with Crippen LogP contribution in [0.5, 0.6) is 0 Å². The van der Waals surface area contributed by atoms with Crippen LogP contribution in [0.25, 0.3) is 0 Å². The Kier molecular flexibility index (Phi) is 4.43. The molecule has 0 aromatic carbocycles. The van der Waals surface area contributed by atoms with Crippen molar-refractivity contribution in [2.45, 2.75) is 71.3 Å². The van der Waals surface area contributed by atoms with Crippen molar-refractivity contribution in [3.8, 4) is 0 Å². The summed E-state index contributed by atoms with van der Waals surface area (Å²) in [5, 5.41) is 0. The lowest BCUT2D eigenvalue weighted by molar-refractivity contribution is -0.140. The fourth-order valence-electron chi connectivity index (χ4n) is 3.82. The van der Waals surface area contributed by atoms with Crippen LogP contribution < -0.4 is 5.73 Å². The standard InChI is InChI=1S/C16H28N2OS/c1-15(2)10-6-12(7-11-15)18(3)14(19)16(13(17)20)8-4-5-9-16/h12H,4-11H2,1-3H3,(H2,17,20). The Morgan fingerprint density at radius 1 is 1.15 bits per heavy atom. The van der Waals surface area contributed by atoms with Gasteiger partial charge in [-0.2, -0.15) is 0 Å². The van der Waals surface area contributed by atoms with E-state index in [0.29, 0.717) is 16.4 Å². The lowest BCUT2D eigenvalue weighted by Gasteiger charge is -2.41. The summed E-state index contributed by atoms with van der Waals surface area (Å²) in [6.07, 6.45) is 8.38. The average Bonchev–Trinajstić information content (AvgIpc) is 2.87. The minimum Gasteiger partial charge on any atom is -0.392 e. The molecule has 3 nitrogen and oxygen atoms in total. The van der Waals surface area contributed by atoms with Gasteiger partial charge in [0.1, 0.15) is 0 Å². The molecule has 20 heavy (non-hydrogen) atoms. The normalized spacial score (nSPS) is 25.4. The monoisotopic (exact) mass is 296 g/mol. The lowest BCUT2D eigenvalue weighted by atomic mass is 9.74. The average molecular weight is 296 g/mol.